The number of hydrogen-bond acceptors (Lipinski definition) is 4. The minimum atomic E-state index is -0.251. The van der Waals surface area contributed by atoms with Crippen molar-refractivity contribution in [3.63, 3.8) is 0 Å². The van der Waals surface area contributed by atoms with Crippen LogP contribution in [0.4, 0.5) is 0 Å². The van der Waals surface area contributed by atoms with Crippen LogP contribution >= 0.6 is 0 Å². The van der Waals surface area contributed by atoms with Gasteiger partial charge in [-0.25, -0.2) is 4.79 Å². The van der Waals surface area contributed by atoms with Crippen LogP contribution in [0.1, 0.15) is 37.7 Å². The van der Waals surface area contributed by atoms with Crippen LogP contribution in [-0.2, 0) is 9.53 Å². The van der Waals surface area contributed by atoms with Gasteiger partial charge in [0.1, 0.15) is 5.75 Å². The molecule has 0 unspecified atom stereocenters. The second-order valence-corrected chi connectivity index (χ2v) is 6.74. The van der Waals surface area contributed by atoms with Crippen molar-refractivity contribution in [2.75, 3.05) is 26.8 Å². The highest BCUT2D eigenvalue weighted by atomic mass is 16.5. The molecular formula is C20H27NO3. The van der Waals surface area contributed by atoms with E-state index in [1.54, 1.807) is 13.2 Å². The molecule has 2 fully saturated rings. The van der Waals surface area contributed by atoms with E-state index in [0.717, 1.165) is 11.3 Å². The summed E-state index contributed by atoms with van der Waals surface area (Å²) in [6, 6.07) is 8.22. The van der Waals surface area contributed by atoms with Crippen LogP contribution in [0.25, 0.3) is 6.08 Å². The van der Waals surface area contributed by atoms with Gasteiger partial charge in [-0.05, 0) is 62.5 Å². The molecule has 0 amide bonds. The highest BCUT2D eigenvalue weighted by Gasteiger charge is 2.33. The molecule has 0 bridgehead atoms. The summed E-state index contributed by atoms with van der Waals surface area (Å²) in [6.07, 6.45) is 9.58. The lowest BCUT2D eigenvalue weighted by Crippen LogP contribution is -2.49. The monoisotopic (exact) mass is 329 g/mol. The van der Waals surface area contributed by atoms with E-state index in [0.29, 0.717) is 18.6 Å². The molecule has 130 valence electrons. The number of nitrogens with zero attached hydrogens (tertiary/aromatic N) is 1. The maximum atomic E-state index is 12.0. The number of carbonyl (C=O) groups excluding carboxylic acids is 1. The second-order valence-electron chi connectivity index (χ2n) is 6.74. The standard InChI is InChI=1S/C20H27NO3/c1-23-18-10-7-16(8-11-18)9-12-20(22)24-15-17-5-4-14-21-13-3-2-6-19(17)21/h7-12,17,19H,2-6,13-15H2,1H3/b12-9+/t17-,19-/m1/s1. The lowest BCUT2D eigenvalue weighted by Gasteiger charge is -2.44. The lowest BCUT2D eigenvalue weighted by atomic mass is 9.84. The Labute approximate surface area is 144 Å². The van der Waals surface area contributed by atoms with Crippen molar-refractivity contribution in [1.82, 2.24) is 4.90 Å². The fourth-order valence-electron chi connectivity index (χ4n) is 3.89. The van der Waals surface area contributed by atoms with E-state index in [9.17, 15) is 4.79 Å². The Balaban J connectivity index is 1.48. The molecule has 0 aliphatic carbocycles. The van der Waals surface area contributed by atoms with Crippen LogP contribution in [0, 0.1) is 5.92 Å². The number of benzene rings is 1. The minimum absolute atomic E-state index is 0.251. The fourth-order valence-corrected chi connectivity index (χ4v) is 3.89. The molecule has 2 saturated heterocycles. The van der Waals surface area contributed by atoms with Crippen molar-refractivity contribution in [2.45, 2.75) is 38.1 Å². The summed E-state index contributed by atoms with van der Waals surface area (Å²) in [4.78, 5) is 14.6. The first kappa shape index (κ1) is 17.0. The third-order valence-corrected chi connectivity index (χ3v) is 5.20. The average Bonchev–Trinajstić information content (AvgIpc) is 2.65. The molecule has 3 rings (SSSR count). The van der Waals surface area contributed by atoms with Crippen LogP contribution in [0.3, 0.4) is 0 Å². The maximum absolute atomic E-state index is 12.0. The van der Waals surface area contributed by atoms with Crippen LogP contribution in [0.15, 0.2) is 30.3 Å². The summed E-state index contributed by atoms with van der Waals surface area (Å²) in [5.74, 6) is 1.06. The van der Waals surface area contributed by atoms with Gasteiger partial charge in [0.25, 0.3) is 0 Å². The number of rotatable bonds is 5. The molecule has 2 aliphatic heterocycles. The second kappa shape index (κ2) is 8.34. The molecule has 0 saturated carbocycles. The number of hydrogen-bond donors (Lipinski definition) is 0. The molecule has 0 spiro atoms. The van der Waals surface area contributed by atoms with Gasteiger partial charge in [-0.15, -0.1) is 0 Å². The van der Waals surface area contributed by atoms with Crippen molar-refractivity contribution in [3.05, 3.63) is 35.9 Å². The van der Waals surface area contributed by atoms with Crippen molar-refractivity contribution >= 4 is 12.0 Å². The average molecular weight is 329 g/mol. The number of piperidine rings is 2. The first-order valence-electron chi connectivity index (χ1n) is 8.99. The number of esters is 1. The van der Waals surface area contributed by atoms with E-state index in [4.69, 9.17) is 9.47 Å². The zero-order valence-corrected chi connectivity index (χ0v) is 14.4. The van der Waals surface area contributed by atoms with E-state index < -0.39 is 0 Å². The topological polar surface area (TPSA) is 38.8 Å². The zero-order chi connectivity index (χ0) is 16.8. The molecule has 1 aromatic carbocycles. The number of fused-ring (bicyclic) bond motifs is 1. The molecule has 4 heteroatoms. The highest BCUT2D eigenvalue weighted by molar-refractivity contribution is 5.87. The maximum Gasteiger partial charge on any atom is 0.330 e. The summed E-state index contributed by atoms with van der Waals surface area (Å²) in [6.45, 7) is 2.98. The summed E-state index contributed by atoms with van der Waals surface area (Å²) in [5, 5.41) is 0. The molecule has 0 N–H and O–H groups in total. The normalized spacial score (nSPS) is 24.5. The largest absolute Gasteiger partial charge is 0.497 e. The van der Waals surface area contributed by atoms with Gasteiger partial charge in [0.2, 0.25) is 0 Å². The van der Waals surface area contributed by atoms with Gasteiger partial charge >= 0.3 is 5.97 Å². The highest BCUT2D eigenvalue weighted by Crippen LogP contribution is 2.31. The molecule has 24 heavy (non-hydrogen) atoms. The molecule has 1 aromatic rings. The Morgan fingerprint density at radius 1 is 1.17 bits per heavy atom. The molecule has 2 heterocycles. The molecular weight excluding hydrogens is 302 g/mol. The Morgan fingerprint density at radius 3 is 2.75 bits per heavy atom. The number of carbonyl (C=O) groups is 1. The summed E-state index contributed by atoms with van der Waals surface area (Å²) < 4.78 is 10.6. The Bertz CT molecular complexity index is 565. The lowest BCUT2D eigenvalue weighted by molar-refractivity contribution is -0.140. The predicted octanol–water partition coefficient (Wildman–Crippen LogP) is 3.52. The van der Waals surface area contributed by atoms with Gasteiger partial charge < -0.3 is 9.47 Å². The van der Waals surface area contributed by atoms with E-state index >= 15 is 0 Å². The summed E-state index contributed by atoms with van der Waals surface area (Å²) in [7, 11) is 1.64. The van der Waals surface area contributed by atoms with Crippen LogP contribution < -0.4 is 4.74 Å². The number of ether oxygens (including phenoxy) is 2. The Hall–Kier alpha value is -1.81. The quantitative estimate of drug-likeness (QED) is 0.612. The van der Waals surface area contributed by atoms with Gasteiger partial charge in [0.15, 0.2) is 0 Å². The van der Waals surface area contributed by atoms with E-state index in [1.165, 1.54) is 51.3 Å². The van der Waals surface area contributed by atoms with Crippen LogP contribution in [-0.4, -0.2) is 43.7 Å². The van der Waals surface area contributed by atoms with Crippen molar-refractivity contribution in [1.29, 1.82) is 0 Å². The van der Waals surface area contributed by atoms with Crippen molar-refractivity contribution in [3.8, 4) is 5.75 Å². The molecule has 0 aromatic heterocycles. The first-order valence-corrected chi connectivity index (χ1v) is 8.99. The van der Waals surface area contributed by atoms with Gasteiger partial charge in [-0.2, -0.15) is 0 Å². The van der Waals surface area contributed by atoms with E-state index in [1.807, 2.05) is 24.3 Å². The first-order chi connectivity index (χ1) is 11.8. The van der Waals surface area contributed by atoms with Gasteiger partial charge in [-0.3, -0.25) is 4.90 Å². The Morgan fingerprint density at radius 2 is 1.96 bits per heavy atom. The van der Waals surface area contributed by atoms with Crippen molar-refractivity contribution < 1.29 is 14.3 Å². The molecule has 2 atom stereocenters. The van der Waals surface area contributed by atoms with E-state index in [2.05, 4.69) is 4.90 Å². The summed E-state index contributed by atoms with van der Waals surface area (Å²) >= 11 is 0. The number of methoxy groups -OCH3 is 1. The van der Waals surface area contributed by atoms with Gasteiger partial charge in [0.05, 0.1) is 13.7 Å². The zero-order valence-electron chi connectivity index (χ0n) is 14.4. The third-order valence-electron chi connectivity index (χ3n) is 5.20. The summed E-state index contributed by atoms with van der Waals surface area (Å²) in [5.41, 5.74) is 0.962. The SMILES string of the molecule is COc1ccc(/C=C/C(=O)OC[C@H]2CCCN3CCCC[C@H]23)cc1. The minimum Gasteiger partial charge on any atom is -0.497 e. The fraction of sp³-hybridized carbons (Fsp3) is 0.550. The van der Waals surface area contributed by atoms with Crippen LogP contribution in [0.2, 0.25) is 0 Å². The molecule has 4 nitrogen and oxygen atoms in total. The third kappa shape index (κ3) is 4.38. The molecule has 0 radical (unpaired) electrons. The van der Waals surface area contributed by atoms with E-state index in [-0.39, 0.29) is 5.97 Å². The molecule has 2 aliphatic rings. The Kier molecular flexibility index (Phi) is 5.91. The van der Waals surface area contributed by atoms with Gasteiger partial charge in [-0.1, -0.05) is 18.6 Å². The van der Waals surface area contributed by atoms with Crippen LogP contribution in [0.5, 0.6) is 5.75 Å². The van der Waals surface area contributed by atoms with Crippen molar-refractivity contribution in [2.24, 2.45) is 5.92 Å². The smallest absolute Gasteiger partial charge is 0.330 e. The van der Waals surface area contributed by atoms with Gasteiger partial charge in [0, 0.05) is 18.0 Å². The predicted molar refractivity (Wildman–Crippen MR) is 94.9 cm³/mol.